The Kier molecular flexibility index (Phi) is 5.22. The maximum absolute atomic E-state index is 13.6. The molecule has 7 heteroatoms. The summed E-state index contributed by atoms with van der Waals surface area (Å²) in [6.45, 7) is 0.655. The molecule has 0 aliphatic heterocycles. The van der Waals surface area contributed by atoms with Crippen molar-refractivity contribution >= 4 is 44.6 Å². The zero-order valence-electron chi connectivity index (χ0n) is 12.5. The molecule has 0 unspecified atom stereocenters. The van der Waals surface area contributed by atoms with Gasteiger partial charge in [-0.1, -0.05) is 40.2 Å². The molecular weight excluding hydrogens is 391 g/mol. The van der Waals surface area contributed by atoms with Gasteiger partial charge in [0, 0.05) is 10.7 Å². The summed E-state index contributed by atoms with van der Waals surface area (Å²) in [5.41, 5.74) is 2.21. The number of rotatable bonds is 4. The van der Waals surface area contributed by atoms with Gasteiger partial charge in [-0.2, -0.15) is 5.10 Å². The van der Waals surface area contributed by atoms with E-state index in [9.17, 15) is 4.39 Å². The molecule has 3 aromatic rings. The maximum atomic E-state index is 13.6. The van der Waals surface area contributed by atoms with E-state index in [0.29, 0.717) is 17.3 Å². The zero-order valence-corrected chi connectivity index (χ0v) is 14.9. The molecule has 0 atom stereocenters. The highest BCUT2D eigenvalue weighted by molar-refractivity contribution is 9.10. The average Bonchev–Trinajstić information content (AvgIpc) is 2.99. The Labute approximate surface area is 152 Å². The summed E-state index contributed by atoms with van der Waals surface area (Å²) in [5, 5.41) is 10.4. The minimum Gasteiger partial charge on any atom is -0.330 e. The molecule has 1 heterocycles. The number of anilines is 2. The molecule has 4 nitrogen and oxygen atoms in total. The van der Waals surface area contributed by atoms with E-state index in [2.05, 4.69) is 31.7 Å². The second-order valence-electron chi connectivity index (χ2n) is 5.11. The Hall–Kier alpha value is -2.25. The third-order valence-corrected chi connectivity index (χ3v) is 4.00. The van der Waals surface area contributed by atoms with Gasteiger partial charge in [0.05, 0.1) is 24.1 Å². The first kappa shape index (κ1) is 16.6. The molecule has 24 heavy (non-hydrogen) atoms. The van der Waals surface area contributed by atoms with Crippen LogP contribution in [0.25, 0.3) is 0 Å². The molecule has 0 radical (unpaired) electrons. The topological polar surface area (TPSA) is 41.9 Å². The Morgan fingerprint density at radius 1 is 1.12 bits per heavy atom. The van der Waals surface area contributed by atoms with Crippen molar-refractivity contribution in [2.45, 2.75) is 6.54 Å². The van der Waals surface area contributed by atoms with E-state index in [1.54, 1.807) is 29.1 Å². The van der Waals surface area contributed by atoms with E-state index < -0.39 is 0 Å². The largest absolute Gasteiger partial charge is 0.330 e. The van der Waals surface area contributed by atoms with Crippen LogP contribution < -0.4 is 10.6 Å². The first-order valence-corrected chi connectivity index (χ1v) is 8.40. The minimum atomic E-state index is -0.354. The van der Waals surface area contributed by atoms with Crippen molar-refractivity contribution in [1.29, 1.82) is 0 Å². The summed E-state index contributed by atoms with van der Waals surface area (Å²) >= 11 is 8.61. The SMILES string of the molecule is Fc1ccccc1NC(=S)Nc1cnn(Cc2ccc(Br)cc2)c1. The van der Waals surface area contributed by atoms with E-state index in [-0.39, 0.29) is 5.82 Å². The lowest BCUT2D eigenvalue weighted by Gasteiger charge is -2.09. The molecule has 1 aromatic heterocycles. The average molecular weight is 405 g/mol. The van der Waals surface area contributed by atoms with E-state index in [1.807, 2.05) is 30.5 Å². The number of hydrogen-bond donors (Lipinski definition) is 2. The summed E-state index contributed by atoms with van der Waals surface area (Å²) in [7, 11) is 0. The minimum absolute atomic E-state index is 0.309. The van der Waals surface area contributed by atoms with Crippen LogP contribution in [0.1, 0.15) is 5.56 Å². The number of nitrogens with zero attached hydrogens (tertiary/aromatic N) is 2. The van der Waals surface area contributed by atoms with Crippen LogP contribution in [0.3, 0.4) is 0 Å². The highest BCUT2D eigenvalue weighted by atomic mass is 79.9. The van der Waals surface area contributed by atoms with Crippen LogP contribution in [0.4, 0.5) is 15.8 Å². The van der Waals surface area contributed by atoms with Crippen LogP contribution >= 0.6 is 28.1 Å². The van der Waals surface area contributed by atoms with E-state index in [4.69, 9.17) is 12.2 Å². The monoisotopic (exact) mass is 404 g/mol. The summed E-state index contributed by atoms with van der Waals surface area (Å²) < 4.78 is 16.4. The number of thiocarbonyl (C=S) groups is 1. The van der Waals surface area contributed by atoms with Crippen molar-refractivity contribution in [2.24, 2.45) is 0 Å². The number of aromatic nitrogens is 2. The van der Waals surface area contributed by atoms with Crippen LogP contribution in [0.2, 0.25) is 0 Å². The second-order valence-corrected chi connectivity index (χ2v) is 6.44. The van der Waals surface area contributed by atoms with Crippen molar-refractivity contribution in [1.82, 2.24) is 9.78 Å². The summed E-state index contributed by atoms with van der Waals surface area (Å²) in [5.74, 6) is -0.354. The highest BCUT2D eigenvalue weighted by Crippen LogP contribution is 2.15. The molecule has 0 saturated carbocycles. The molecule has 0 bridgehead atoms. The van der Waals surface area contributed by atoms with E-state index in [0.717, 1.165) is 15.7 Å². The predicted octanol–water partition coefficient (Wildman–Crippen LogP) is 4.64. The fourth-order valence-electron chi connectivity index (χ4n) is 2.14. The molecule has 2 N–H and O–H groups in total. The lowest BCUT2D eigenvalue weighted by atomic mass is 10.2. The summed E-state index contributed by atoms with van der Waals surface area (Å²) in [6, 6.07) is 14.4. The fourth-order valence-corrected chi connectivity index (χ4v) is 2.63. The first-order chi connectivity index (χ1) is 11.6. The first-order valence-electron chi connectivity index (χ1n) is 7.19. The van der Waals surface area contributed by atoms with Crippen molar-refractivity contribution in [2.75, 3.05) is 10.6 Å². The summed E-state index contributed by atoms with van der Waals surface area (Å²) in [4.78, 5) is 0. The van der Waals surface area contributed by atoms with Crippen molar-refractivity contribution < 1.29 is 4.39 Å². The van der Waals surface area contributed by atoms with Gasteiger partial charge in [-0.05, 0) is 42.0 Å². The Morgan fingerprint density at radius 3 is 2.62 bits per heavy atom. The third-order valence-electron chi connectivity index (χ3n) is 3.27. The van der Waals surface area contributed by atoms with Gasteiger partial charge in [0.25, 0.3) is 0 Å². The molecule has 0 fully saturated rings. The van der Waals surface area contributed by atoms with Gasteiger partial charge in [0.15, 0.2) is 5.11 Å². The number of para-hydroxylation sites is 1. The lowest BCUT2D eigenvalue weighted by molar-refractivity contribution is 0.632. The highest BCUT2D eigenvalue weighted by Gasteiger charge is 2.05. The fraction of sp³-hybridized carbons (Fsp3) is 0.0588. The maximum Gasteiger partial charge on any atom is 0.175 e. The van der Waals surface area contributed by atoms with Gasteiger partial charge in [-0.25, -0.2) is 4.39 Å². The number of hydrogen-bond acceptors (Lipinski definition) is 2. The van der Waals surface area contributed by atoms with Crippen LogP contribution in [0.15, 0.2) is 65.4 Å². The van der Waals surface area contributed by atoms with Crippen LogP contribution in [-0.4, -0.2) is 14.9 Å². The van der Waals surface area contributed by atoms with Crippen LogP contribution in [0, 0.1) is 5.82 Å². The van der Waals surface area contributed by atoms with E-state index >= 15 is 0 Å². The van der Waals surface area contributed by atoms with Gasteiger partial charge >= 0.3 is 0 Å². The predicted molar refractivity (Wildman–Crippen MR) is 102 cm³/mol. The molecule has 0 aliphatic carbocycles. The Bertz CT molecular complexity index is 848. The number of nitrogens with one attached hydrogen (secondary N) is 2. The number of halogens is 2. The zero-order chi connectivity index (χ0) is 16.9. The van der Waals surface area contributed by atoms with Gasteiger partial charge in [0.2, 0.25) is 0 Å². The molecule has 0 spiro atoms. The molecule has 122 valence electrons. The molecule has 0 aliphatic rings. The molecule has 0 amide bonds. The normalized spacial score (nSPS) is 10.4. The quantitative estimate of drug-likeness (QED) is 0.621. The third kappa shape index (κ3) is 4.39. The van der Waals surface area contributed by atoms with Gasteiger partial charge in [-0.3, -0.25) is 4.68 Å². The standard InChI is InChI=1S/C17H14BrFN4S/c18-13-7-5-12(6-8-13)10-23-11-14(9-20-23)21-17(24)22-16-4-2-1-3-15(16)19/h1-9,11H,10H2,(H2,21,22,24). The van der Waals surface area contributed by atoms with Gasteiger partial charge in [0.1, 0.15) is 5.82 Å². The Morgan fingerprint density at radius 2 is 1.88 bits per heavy atom. The van der Waals surface area contributed by atoms with Crippen LogP contribution in [-0.2, 0) is 6.54 Å². The summed E-state index contributed by atoms with van der Waals surface area (Å²) in [6.07, 6.45) is 3.52. The van der Waals surface area contributed by atoms with Crippen molar-refractivity contribution in [3.05, 3.63) is 76.8 Å². The molecule has 2 aromatic carbocycles. The lowest BCUT2D eigenvalue weighted by Crippen LogP contribution is -2.19. The number of benzene rings is 2. The molecule has 3 rings (SSSR count). The smallest absolute Gasteiger partial charge is 0.175 e. The molecular formula is C17H14BrFN4S. The Balaban J connectivity index is 1.60. The second kappa shape index (κ2) is 7.55. The van der Waals surface area contributed by atoms with E-state index in [1.165, 1.54) is 6.07 Å². The van der Waals surface area contributed by atoms with Gasteiger partial charge < -0.3 is 10.6 Å². The van der Waals surface area contributed by atoms with Crippen molar-refractivity contribution in [3.8, 4) is 0 Å². The van der Waals surface area contributed by atoms with Gasteiger partial charge in [-0.15, -0.1) is 0 Å². The molecule has 0 saturated heterocycles. The van der Waals surface area contributed by atoms with Crippen molar-refractivity contribution in [3.63, 3.8) is 0 Å². The van der Waals surface area contributed by atoms with Crippen LogP contribution in [0.5, 0.6) is 0 Å².